The number of carbonyl (C=O) groups excluding carboxylic acids is 1. The van der Waals surface area contributed by atoms with Gasteiger partial charge >= 0.3 is 5.97 Å². The zero-order valence-electron chi connectivity index (χ0n) is 14.4. The summed E-state index contributed by atoms with van der Waals surface area (Å²) in [5, 5.41) is 3.72. The molecular formula is C17H34N2O2. The Labute approximate surface area is 130 Å². The largest absolute Gasteiger partial charge is 0.469 e. The van der Waals surface area contributed by atoms with E-state index in [2.05, 4.69) is 31.2 Å². The summed E-state index contributed by atoms with van der Waals surface area (Å²) in [7, 11) is 5.71. The fourth-order valence-electron chi connectivity index (χ4n) is 3.50. The number of carbonyl (C=O) groups is 1. The van der Waals surface area contributed by atoms with Crippen LogP contribution >= 0.6 is 0 Å². The van der Waals surface area contributed by atoms with Gasteiger partial charge < -0.3 is 15.0 Å². The predicted octanol–water partition coefficient (Wildman–Crippen LogP) is 2.68. The van der Waals surface area contributed by atoms with Gasteiger partial charge in [-0.3, -0.25) is 4.79 Å². The highest BCUT2D eigenvalue weighted by atomic mass is 16.5. The number of hydrogen-bond donors (Lipinski definition) is 1. The van der Waals surface area contributed by atoms with Crippen molar-refractivity contribution in [2.45, 2.75) is 57.9 Å². The minimum absolute atomic E-state index is 0.0468. The summed E-state index contributed by atoms with van der Waals surface area (Å²) in [5.41, 5.74) is 0. The Morgan fingerprint density at radius 1 is 1.29 bits per heavy atom. The van der Waals surface area contributed by atoms with Gasteiger partial charge in [0.25, 0.3) is 0 Å². The first-order valence-corrected chi connectivity index (χ1v) is 8.53. The average Bonchev–Trinajstić information content (AvgIpc) is 2.81. The molecule has 0 aromatic heterocycles. The van der Waals surface area contributed by atoms with E-state index >= 15 is 0 Å². The minimum atomic E-state index is -0.0468. The summed E-state index contributed by atoms with van der Waals surface area (Å²) >= 11 is 0. The summed E-state index contributed by atoms with van der Waals surface area (Å²) in [5.74, 6) is 1.10. The molecule has 0 aromatic rings. The summed E-state index contributed by atoms with van der Waals surface area (Å²) in [4.78, 5) is 13.8. The SMILES string of the molecule is CCCCC[C@@H]1[C@@H](CC(=O)OC)CC[C@H]1NCCN(C)C. The van der Waals surface area contributed by atoms with Gasteiger partial charge in [0.1, 0.15) is 0 Å². The monoisotopic (exact) mass is 298 g/mol. The molecule has 1 saturated carbocycles. The van der Waals surface area contributed by atoms with Crippen molar-refractivity contribution < 1.29 is 9.53 Å². The molecule has 1 aliphatic carbocycles. The van der Waals surface area contributed by atoms with Crippen LogP contribution in [0.3, 0.4) is 0 Å². The Hall–Kier alpha value is -0.610. The number of nitrogens with one attached hydrogen (secondary N) is 1. The Bertz CT molecular complexity index is 295. The molecule has 3 atom stereocenters. The summed E-state index contributed by atoms with van der Waals surface area (Å²) in [6.07, 6.45) is 8.04. The summed E-state index contributed by atoms with van der Waals surface area (Å²) in [6.45, 7) is 4.35. The number of unbranched alkanes of at least 4 members (excludes halogenated alkanes) is 2. The molecule has 1 aliphatic rings. The number of likely N-dealkylation sites (N-methyl/N-ethyl adjacent to an activating group) is 1. The van der Waals surface area contributed by atoms with Crippen LogP contribution in [-0.2, 0) is 9.53 Å². The Kier molecular flexibility index (Phi) is 8.93. The molecule has 0 spiro atoms. The molecule has 21 heavy (non-hydrogen) atoms. The normalized spacial score (nSPS) is 25.5. The van der Waals surface area contributed by atoms with E-state index in [1.165, 1.54) is 39.2 Å². The molecule has 0 aliphatic heterocycles. The van der Waals surface area contributed by atoms with Gasteiger partial charge in [-0.1, -0.05) is 26.2 Å². The first kappa shape index (κ1) is 18.4. The number of hydrogen-bond acceptors (Lipinski definition) is 4. The lowest BCUT2D eigenvalue weighted by atomic mass is 9.86. The number of methoxy groups -OCH3 is 1. The van der Waals surface area contributed by atoms with Crippen molar-refractivity contribution in [1.29, 1.82) is 0 Å². The molecule has 0 unspecified atom stereocenters. The summed E-state index contributed by atoms with van der Waals surface area (Å²) in [6, 6.07) is 0.580. The van der Waals surface area contributed by atoms with Crippen LogP contribution in [0.25, 0.3) is 0 Å². The van der Waals surface area contributed by atoms with E-state index in [-0.39, 0.29) is 5.97 Å². The second-order valence-corrected chi connectivity index (χ2v) is 6.64. The predicted molar refractivity (Wildman–Crippen MR) is 87.3 cm³/mol. The fraction of sp³-hybridized carbons (Fsp3) is 0.941. The van der Waals surface area contributed by atoms with E-state index in [4.69, 9.17) is 4.74 Å². The first-order chi connectivity index (χ1) is 10.1. The average molecular weight is 298 g/mol. The minimum Gasteiger partial charge on any atom is -0.469 e. The van der Waals surface area contributed by atoms with Crippen molar-refractivity contribution >= 4 is 5.97 Å². The smallest absolute Gasteiger partial charge is 0.305 e. The van der Waals surface area contributed by atoms with Crippen LogP contribution in [0.5, 0.6) is 0 Å². The van der Waals surface area contributed by atoms with Gasteiger partial charge in [-0.2, -0.15) is 0 Å². The van der Waals surface area contributed by atoms with Crippen LogP contribution in [-0.4, -0.2) is 51.2 Å². The quantitative estimate of drug-likeness (QED) is 0.497. The lowest BCUT2D eigenvalue weighted by molar-refractivity contribution is -0.142. The molecule has 0 radical (unpaired) electrons. The highest BCUT2D eigenvalue weighted by Crippen LogP contribution is 2.38. The lowest BCUT2D eigenvalue weighted by Crippen LogP contribution is -2.38. The van der Waals surface area contributed by atoms with Gasteiger partial charge in [-0.05, 0) is 45.2 Å². The van der Waals surface area contributed by atoms with Crippen LogP contribution < -0.4 is 5.32 Å². The third kappa shape index (κ3) is 6.79. The number of esters is 1. The van der Waals surface area contributed by atoms with Crippen molar-refractivity contribution in [2.75, 3.05) is 34.3 Å². The molecular weight excluding hydrogens is 264 g/mol. The molecule has 0 heterocycles. The van der Waals surface area contributed by atoms with E-state index in [0.29, 0.717) is 24.3 Å². The lowest BCUT2D eigenvalue weighted by Gasteiger charge is -2.26. The highest BCUT2D eigenvalue weighted by molar-refractivity contribution is 5.69. The third-order valence-corrected chi connectivity index (χ3v) is 4.73. The fourth-order valence-corrected chi connectivity index (χ4v) is 3.50. The second-order valence-electron chi connectivity index (χ2n) is 6.64. The Morgan fingerprint density at radius 3 is 2.67 bits per heavy atom. The number of ether oxygens (including phenoxy) is 1. The van der Waals surface area contributed by atoms with Crippen LogP contribution in [0.2, 0.25) is 0 Å². The second kappa shape index (κ2) is 10.2. The molecule has 0 bridgehead atoms. The van der Waals surface area contributed by atoms with Crippen LogP contribution in [0, 0.1) is 11.8 Å². The molecule has 1 N–H and O–H groups in total. The van der Waals surface area contributed by atoms with Crippen molar-refractivity contribution in [3.05, 3.63) is 0 Å². The molecule has 124 valence electrons. The van der Waals surface area contributed by atoms with Crippen molar-refractivity contribution in [3.63, 3.8) is 0 Å². The van der Waals surface area contributed by atoms with E-state index in [0.717, 1.165) is 19.5 Å². The van der Waals surface area contributed by atoms with Gasteiger partial charge in [0.2, 0.25) is 0 Å². The first-order valence-electron chi connectivity index (χ1n) is 8.53. The summed E-state index contributed by atoms with van der Waals surface area (Å²) < 4.78 is 4.87. The van der Waals surface area contributed by atoms with Crippen LogP contribution in [0.15, 0.2) is 0 Å². The Morgan fingerprint density at radius 2 is 2.05 bits per heavy atom. The van der Waals surface area contributed by atoms with Gasteiger partial charge in [0.05, 0.1) is 7.11 Å². The maximum Gasteiger partial charge on any atom is 0.305 e. The third-order valence-electron chi connectivity index (χ3n) is 4.73. The number of nitrogens with zero attached hydrogens (tertiary/aromatic N) is 1. The molecule has 4 nitrogen and oxygen atoms in total. The van der Waals surface area contributed by atoms with Crippen molar-refractivity contribution in [2.24, 2.45) is 11.8 Å². The van der Waals surface area contributed by atoms with E-state index in [1.54, 1.807) is 0 Å². The van der Waals surface area contributed by atoms with Crippen molar-refractivity contribution in [3.8, 4) is 0 Å². The standard InChI is InChI=1S/C17H34N2O2/c1-5-6-7-8-15-14(13-17(20)21-4)9-10-16(15)18-11-12-19(2)3/h14-16,18H,5-13H2,1-4H3/t14-,15-,16-/m1/s1. The number of rotatable bonds is 10. The molecule has 1 rings (SSSR count). The van der Waals surface area contributed by atoms with E-state index in [9.17, 15) is 4.79 Å². The zero-order chi connectivity index (χ0) is 15.7. The highest BCUT2D eigenvalue weighted by Gasteiger charge is 2.36. The molecule has 0 amide bonds. The Balaban J connectivity index is 2.49. The van der Waals surface area contributed by atoms with E-state index in [1.807, 2.05) is 0 Å². The molecule has 1 fully saturated rings. The maximum absolute atomic E-state index is 11.6. The maximum atomic E-state index is 11.6. The van der Waals surface area contributed by atoms with Gasteiger partial charge in [0, 0.05) is 25.6 Å². The van der Waals surface area contributed by atoms with Crippen molar-refractivity contribution in [1.82, 2.24) is 10.2 Å². The van der Waals surface area contributed by atoms with Gasteiger partial charge in [-0.25, -0.2) is 0 Å². The van der Waals surface area contributed by atoms with Crippen LogP contribution in [0.1, 0.15) is 51.9 Å². The van der Waals surface area contributed by atoms with Gasteiger partial charge in [0.15, 0.2) is 0 Å². The molecule has 0 aromatic carbocycles. The molecule has 0 saturated heterocycles. The molecule has 4 heteroatoms. The zero-order valence-corrected chi connectivity index (χ0v) is 14.4. The van der Waals surface area contributed by atoms with E-state index < -0.39 is 0 Å². The topological polar surface area (TPSA) is 41.6 Å². The van der Waals surface area contributed by atoms with Gasteiger partial charge in [-0.15, -0.1) is 0 Å². The van der Waals surface area contributed by atoms with Crippen LogP contribution in [0.4, 0.5) is 0 Å².